The molecule has 1 amide bonds. The maximum absolute atomic E-state index is 13.1. The molecule has 4 nitrogen and oxygen atoms in total. The van der Waals surface area contributed by atoms with Gasteiger partial charge >= 0.3 is 0 Å². The summed E-state index contributed by atoms with van der Waals surface area (Å²) in [5.41, 5.74) is 0.920. The molecule has 132 valence electrons. The van der Waals surface area contributed by atoms with Gasteiger partial charge < -0.3 is 14.4 Å². The zero-order valence-electron chi connectivity index (χ0n) is 13.8. The molecule has 1 aromatic carbocycles. The molecule has 3 heterocycles. The van der Waals surface area contributed by atoms with Crippen LogP contribution in [-0.2, 0) is 9.47 Å². The fourth-order valence-corrected chi connectivity index (χ4v) is 4.42. The number of thiophene rings is 1. The second-order valence-electron chi connectivity index (χ2n) is 6.34. The van der Waals surface area contributed by atoms with Gasteiger partial charge in [-0.25, -0.2) is 4.39 Å². The van der Waals surface area contributed by atoms with Crippen molar-refractivity contribution < 1.29 is 18.7 Å². The normalized spacial score (nSPS) is 21.6. The van der Waals surface area contributed by atoms with Crippen LogP contribution in [0.25, 0.3) is 10.4 Å². The number of carbonyl (C=O) groups is 1. The highest BCUT2D eigenvalue weighted by Crippen LogP contribution is 2.31. The van der Waals surface area contributed by atoms with Gasteiger partial charge in [-0.1, -0.05) is 12.1 Å². The number of carbonyl (C=O) groups excluding carboxylic acids is 1. The maximum atomic E-state index is 13.1. The highest BCUT2D eigenvalue weighted by Gasteiger charge is 2.36. The van der Waals surface area contributed by atoms with E-state index in [1.165, 1.54) is 23.5 Å². The number of piperidine rings is 1. The quantitative estimate of drug-likeness (QED) is 0.832. The van der Waals surface area contributed by atoms with Crippen LogP contribution in [0.2, 0.25) is 0 Å². The van der Waals surface area contributed by atoms with Gasteiger partial charge in [0.2, 0.25) is 0 Å². The van der Waals surface area contributed by atoms with Crippen molar-refractivity contribution in [1.29, 1.82) is 0 Å². The third kappa shape index (κ3) is 3.47. The fraction of sp³-hybridized carbons (Fsp3) is 0.421. The topological polar surface area (TPSA) is 38.8 Å². The molecule has 0 bridgehead atoms. The molecule has 2 saturated heterocycles. The molecule has 0 N–H and O–H groups in total. The van der Waals surface area contributed by atoms with E-state index in [1.807, 2.05) is 17.0 Å². The van der Waals surface area contributed by atoms with Gasteiger partial charge in [0.15, 0.2) is 6.29 Å². The number of hydrogen-bond acceptors (Lipinski definition) is 4. The van der Waals surface area contributed by atoms with Crippen molar-refractivity contribution in [3.8, 4) is 10.4 Å². The lowest BCUT2D eigenvalue weighted by Crippen LogP contribution is -2.50. The Hall–Kier alpha value is -1.76. The first-order valence-electron chi connectivity index (χ1n) is 8.62. The molecule has 1 unspecified atom stereocenters. The molecule has 2 fully saturated rings. The van der Waals surface area contributed by atoms with Crippen LogP contribution >= 0.6 is 11.3 Å². The van der Waals surface area contributed by atoms with Gasteiger partial charge in [0.1, 0.15) is 5.82 Å². The summed E-state index contributed by atoms with van der Waals surface area (Å²) in [6, 6.07) is 10.1. The predicted molar refractivity (Wildman–Crippen MR) is 94.1 cm³/mol. The number of ether oxygens (including phenoxy) is 2. The summed E-state index contributed by atoms with van der Waals surface area (Å²) >= 11 is 1.44. The zero-order chi connectivity index (χ0) is 17.2. The average Bonchev–Trinajstić information content (AvgIpc) is 3.34. The third-order valence-electron chi connectivity index (χ3n) is 4.72. The van der Waals surface area contributed by atoms with Crippen LogP contribution in [0.5, 0.6) is 0 Å². The Morgan fingerprint density at radius 3 is 2.60 bits per heavy atom. The lowest BCUT2D eigenvalue weighted by Gasteiger charge is -2.37. The van der Waals surface area contributed by atoms with Gasteiger partial charge in [-0.05, 0) is 49.1 Å². The molecule has 25 heavy (non-hydrogen) atoms. The van der Waals surface area contributed by atoms with Crippen molar-refractivity contribution in [2.45, 2.75) is 31.6 Å². The summed E-state index contributed by atoms with van der Waals surface area (Å²) in [5, 5.41) is 0. The Labute approximate surface area is 150 Å². The standard InChI is InChI=1S/C19H20FNO3S/c20-14-6-4-13(5-7-14)16-8-9-17(25-16)18(22)21-10-2-1-3-15(21)19-23-11-12-24-19/h4-9,15,19H,1-3,10-12H2. The number of halogens is 1. The van der Waals surface area contributed by atoms with Crippen molar-refractivity contribution >= 4 is 17.2 Å². The summed E-state index contributed by atoms with van der Waals surface area (Å²) in [5.74, 6) is -0.230. The Morgan fingerprint density at radius 2 is 1.84 bits per heavy atom. The highest BCUT2D eigenvalue weighted by molar-refractivity contribution is 7.17. The largest absolute Gasteiger partial charge is 0.348 e. The first kappa shape index (κ1) is 16.7. The van der Waals surface area contributed by atoms with E-state index < -0.39 is 0 Å². The predicted octanol–water partition coefficient (Wildman–Crippen LogP) is 3.92. The molecule has 2 aliphatic heterocycles. The van der Waals surface area contributed by atoms with E-state index in [2.05, 4.69) is 0 Å². The first-order chi connectivity index (χ1) is 12.2. The van der Waals surface area contributed by atoms with Gasteiger partial charge in [0, 0.05) is 11.4 Å². The van der Waals surface area contributed by atoms with Crippen LogP contribution in [0.1, 0.15) is 28.9 Å². The smallest absolute Gasteiger partial charge is 0.264 e. The molecule has 2 aliphatic rings. The monoisotopic (exact) mass is 361 g/mol. The van der Waals surface area contributed by atoms with Gasteiger partial charge in [-0.3, -0.25) is 4.79 Å². The lowest BCUT2D eigenvalue weighted by molar-refractivity contribution is -0.100. The summed E-state index contributed by atoms with van der Waals surface area (Å²) < 4.78 is 24.4. The minimum absolute atomic E-state index is 0.0138. The average molecular weight is 361 g/mol. The summed E-state index contributed by atoms with van der Waals surface area (Å²) in [4.78, 5) is 16.6. The minimum Gasteiger partial charge on any atom is -0.348 e. The van der Waals surface area contributed by atoms with Crippen LogP contribution in [0, 0.1) is 5.82 Å². The molecule has 6 heteroatoms. The van der Waals surface area contributed by atoms with Crippen molar-refractivity contribution in [3.63, 3.8) is 0 Å². The van der Waals surface area contributed by atoms with Crippen molar-refractivity contribution in [2.75, 3.05) is 19.8 Å². The fourth-order valence-electron chi connectivity index (χ4n) is 3.45. The molecular formula is C19H20FNO3S. The second-order valence-corrected chi connectivity index (χ2v) is 7.43. The van der Waals surface area contributed by atoms with Crippen LogP contribution in [0.15, 0.2) is 36.4 Å². The molecular weight excluding hydrogens is 341 g/mol. The van der Waals surface area contributed by atoms with Crippen LogP contribution in [-0.4, -0.2) is 42.9 Å². The Balaban J connectivity index is 1.54. The highest BCUT2D eigenvalue weighted by atomic mass is 32.1. The minimum atomic E-state index is -0.305. The summed E-state index contributed by atoms with van der Waals surface area (Å²) in [6.07, 6.45) is 2.70. The maximum Gasteiger partial charge on any atom is 0.264 e. The van der Waals surface area contributed by atoms with E-state index in [4.69, 9.17) is 9.47 Å². The molecule has 0 spiro atoms. The van der Waals surface area contributed by atoms with Crippen molar-refractivity contribution in [3.05, 3.63) is 47.1 Å². The lowest BCUT2D eigenvalue weighted by atomic mass is 10.0. The molecule has 0 saturated carbocycles. The van der Waals surface area contributed by atoms with Gasteiger partial charge in [-0.15, -0.1) is 11.3 Å². The number of hydrogen-bond donors (Lipinski definition) is 0. The molecule has 2 aromatic rings. The van der Waals surface area contributed by atoms with Gasteiger partial charge in [-0.2, -0.15) is 0 Å². The first-order valence-corrected chi connectivity index (χ1v) is 9.44. The van der Waals surface area contributed by atoms with E-state index in [9.17, 15) is 9.18 Å². The second kappa shape index (κ2) is 7.23. The SMILES string of the molecule is O=C(c1ccc(-c2ccc(F)cc2)s1)N1CCCCC1C1OCCO1. The van der Waals surface area contributed by atoms with Gasteiger partial charge in [0.05, 0.1) is 24.1 Å². The third-order valence-corrected chi connectivity index (χ3v) is 5.84. The number of benzene rings is 1. The number of likely N-dealkylation sites (tertiary alicyclic amines) is 1. The van der Waals surface area contributed by atoms with Crippen LogP contribution < -0.4 is 0 Å². The summed E-state index contributed by atoms with van der Waals surface area (Å²) in [6.45, 7) is 1.92. The van der Waals surface area contributed by atoms with E-state index in [1.54, 1.807) is 12.1 Å². The van der Waals surface area contributed by atoms with E-state index in [0.29, 0.717) is 18.1 Å². The Morgan fingerprint density at radius 1 is 1.08 bits per heavy atom. The molecule has 1 aromatic heterocycles. The van der Waals surface area contributed by atoms with Crippen LogP contribution in [0.3, 0.4) is 0 Å². The zero-order valence-corrected chi connectivity index (χ0v) is 14.6. The molecule has 1 atom stereocenters. The van der Waals surface area contributed by atoms with E-state index in [0.717, 1.165) is 36.2 Å². The Kier molecular flexibility index (Phi) is 4.83. The molecule has 0 radical (unpaired) electrons. The number of nitrogens with zero attached hydrogens (tertiary/aromatic N) is 1. The molecule has 0 aliphatic carbocycles. The number of rotatable bonds is 3. The Bertz CT molecular complexity index is 739. The van der Waals surface area contributed by atoms with Crippen LogP contribution in [0.4, 0.5) is 4.39 Å². The van der Waals surface area contributed by atoms with Crippen molar-refractivity contribution in [2.24, 2.45) is 0 Å². The van der Waals surface area contributed by atoms with Gasteiger partial charge in [0.25, 0.3) is 5.91 Å². The summed E-state index contributed by atoms with van der Waals surface area (Å²) in [7, 11) is 0. The van der Waals surface area contributed by atoms with Crippen molar-refractivity contribution in [1.82, 2.24) is 4.90 Å². The van der Waals surface area contributed by atoms with E-state index in [-0.39, 0.29) is 24.1 Å². The molecule has 4 rings (SSSR count). The van der Waals surface area contributed by atoms with E-state index >= 15 is 0 Å². The number of amides is 1.